The molecule has 1 amide bonds. The van der Waals surface area contributed by atoms with Crippen LogP contribution < -0.4 is 10.2 Å². The van der Waals surface area contributed by atoms with Gasteiger partial charge in [-0.3, -0.25) is 9.89 Å². The highest BCUT2D eigenvalue weighted by atomic mass is 16.2. The second kappa shape index (κ2) is 4.62. The monoisotopic (exact) mass is 282 g/mol. The summed E-state index contributed by atoms with van der Waals surface area (Å²) < 4.78 is 0. The van der Waals surface area contributed by atoms with E-state index in [1.54, 1.807) is 0 Å². The van der Waals surface area contributed by atoms with Gasteiger partial charge in [0.05, 0.1) is 11.4 Å². The molecule has 1 aliphatic heterocycles. The third-order valence-electron chi connectivity index (χ3n) is 4.31. The number of hydrogen-bond donors (Lipinski definition) is 2. The van der Waals surface area contributed by atoms with E-state index in [0.29, 0.717) is 12.2 Å². The Bertz CT molecular complexity index is 706. The largest absolute Gasteiger partial charge is 0.379 e. The molecule has 2 aliphatic rings. The second-order valence-electron chi connectivity index (χ2n) is 5.86. The van der Waals surface area contributed by atoms with Gasteiger partial charge in [-0.2, -0.15) is 5.10 Å². The van der Waals surface area contributed by atoms with Crippen molar-refractivity contribution >= 4 is 17.3 Å². The fourth-order valence-electron chi connectivity index (χ4n) is 3.33. The van der Waals surface area contributed by atoms with Crippen LogP contribution in [0.15, 0.2) is 24.3 Å². The normalized spacial score (nSPS) is 19.9. The van der Waals surface area contributed by atoms with E-state index in [2.05, 4.69) is 22.4 Å². The first-order chi connectivity index (χ1) is 10.2. The van der Waals surface area contributed by atoms with Crippen LogP contribution >= 0.6 is 0 Å². The van der Waals surface area contributed by atoms with Crippen molar-refractivity contribution in [2.45, 2.75) is 32.2 Å². The number of carbonyl (C=O) groups is 1. The highest BCUT2D eigenvalue weighted by Crippen LogP contribution is 2.32. The molecular formula is C16H18N4O. The Labute approximate surface area is 123 Å². The highest BCUT2D eigenvalue weighted by molar-refractivity contribution is 6.08. The van der Waals surface area contributed by atoms with Crippen LogP contribution in [0.4, 0.5) is 11.4 Å². The predicted molar refractivity (Wildman–Crippen MR) is 81.8 cm³/mol. The number of nitrogens with one attached hydrogen (secondary N) is 2. The van der Waals surface area contributed by atoms with Gasteiger partial charge in [0.15, 0.2) is 5.69 Å². The summed E-state index contributed by atoms with van der Waals surface area (Å²) in [5, 5.41) is 10.7. The predicted octanol–water partition coefficient (Wildman–Crippen LogP) is 2.36. The maximum Gasteiger partial charge on any atom is 0.279 e. The number of nitrogens with zero attached hydrogens (tertiary/aromatic N) is 2. The molecule has 1 aliphatic carbocycles. The molecule has 0 bridgehead atoms. The lowest BCUT2D eigenvalue weighted by Crippen LogP contribution is -2.43. The minimum atomic E-state index is 0.00944. The van der Waals surface area contributed by atoms with Gasteiger partial charge in [-0.1, -0.05) is 12.1 Å². The molecule has 108 valence electrons. The number of aromatic amines is 1. The SMILES string of the molecule is CC1CN(C(=O)c2n[nH]c3c2CCC3)c2ccccc2N1. The number of H-pyrrole nitrogens is 1. The van der Waals surface area contributed by atoms with E-state index in [9.17, 15) is 4.79 Å². The molecule has 21 heavy (non-hydrogen) atoms. The van der Waals surface area contributed by atoms with Gasteiger partial charge in [0, 0.05) is 23.8 Å². The zero-order valence-electron chi connectivity index (χ0n) is 12.0. The van der Waals surface area contributed by atoms with Crippen LogP contribution in [0.25, 0.3) is 0 Å². The number of rotatable bonds is 1. The summed E-state index contributed by atoms with van der Waals surface area (Å²) in [4.78, 5) is 14.8. The molecule has 2 aromatic rings. The molecule has 0 saturated heterocycles. The molecule has 5 heteroatoms. The number of aromatic nitrogens is 2. The van der Waals surface area contributed by atoms with Gasteiger partial charge in [0.1, 0.15) is 0 Å². The Balaban J connectivity index is 1.74. The van der Waals surface area contributed by atoms with Gasteiger partial charge in [-0.25, -0.2) is 0 Å². The minimum absolute atomic E-state index is 0.00944. The first-order valence-corrected chi connectivity index (χ1v) is 7.47. The van der Waals surface area contributed by atoms with Gasteiger partial charge in [-0.05, 0) is 38.3 Å². The van der Waals surface area contributed by atoms with E-state index in [1.165, 1.54) is 0 Å². The van der Waals surface area contributed by atoms with E-state index in [0.717, 1.165) is 41.9 Å². The molecule has 0 fully saturated rings. The molecule has 5 nitrogen and oxygen atoms in total. The van der Waals surface area contributed by atoms with Gasteiger partial charge in [0.25, 0.3) is 5.91 Å². The van der Waals surface area contributed by atoms with Crippen LogP contribution in [0.5, 0.6) is 0 Å². The number of carbonyl (C=O) groups excluding carboxylic acids is 1. The number of hydrogen-bond acceptors (Lipinski definition) is 3. The quantitative estimate of drug-likeness (QED) is 0.844. The number of anilines is 2. The maximum atomic E-state index is 12.9. The Hall–Kier alpha value is -2.30. The summed E-state index contributed by atoms with van der Waals surface area (Å²) in [5.74, 6) is 0.00944. The van der Waals surface area contributed by atoms with E-state index >= 15 is 0 Å². The van der Waals surface area contributed by atoms with Crippen LogP contribution in [0, 0.1) is 0 Å². The van der Waals surface area contributed by atoms with E-state index in [4.69, 9.17) is 0 Å². The summed E-state index contributed by atoms with van der Waals surface area (Å²) in [6, 6.07) is 8.18. The van der Waals surface area contributed by atoms with Crippen LogP contribution in [0.3, 0.4) is 0 Å². The van der Waals surface area contributed by atoms with Crippen molar-refractivity contribution in [2.75, 3.05) is 16.8 Å². The number of benzene rings is 1. The topological polar surface area (TPSA) is 61.0 Å². The zero-order chi connectivity index (χ0) is 14.4. The fraction of sp³-hybridized carbons (Fsp3) is 0.375. The van der Waals surface area contributed by atoms with Gasteiger partial charge in [0.2, 0.25) is 0 Å². The van der Waals surface area contributed by atoms with Crippen molar-refractivity contribution in [3.05, 3.63) is 41.2 Å². The molecule has 1 atom stereocenters. The zero-order valence-corrected chi connectivity index (χ0v) is 12.0. The maximum absolute atomic E-state index is 12.9. The smallest absolute Gasteiger partial charge is 0.279 e. The number of amides is 1. The van der Waals surface area contributed by atoms with Crippen molar-refractivity contribution < 1.29 is 4.79 Å². The molecular weight excluding hydrogens is 264 g/mol. The molecule has 2 heterocycles. The number of fused-ring (bicyclic) bond motifs is 2. The standard InChI is InChI=1S/C16H18N4O/c1-10-9-20(14-8-3-2-6-13(14)17-10)16(21)15-11-5-4-7-12(11)18-19-15/h2-3,6,8,10,17H,4-5,7,9H2,1H3,(H,18,19). The Morgan fingerprint density at radius 2 is 2.19 bits per heavy atom. The Morgan fingerprint density at radius 1 is 1.33 bits per heavy atom. The van der Waals surface area contributed by atoms with Crippen LogP contribution in [0.2, 0.25) is 0 Å². The Morgan fingerprint density at radius 3 is 3.10 bits per heavy atom. The third kappa shape index (κ3) is 1.92. The molecule has 2 N–H and O–H groups in total. The van der Waals surface area contributed by atoms with Crippen molar-refractivity contribution in [3.8, 4) is 0 Å². The van der Waals surface area contributed by atoms with Gasteiger partial charge < -0.3 is 10.2 Å². The van der Waals surface area contributed by atoms with Crippen LogP contribution in [0.1, 0.15) is 35.1 Å². The fourth-order valence-corrected chi connectivity index (χ4v) is 3.33. The summed E-state index contributed by atoms with van der Waals surface area (Å²) in [5.41, 5.74) is 4.80. The molecule has 0 radical (unpaired) electrons. The van der Waals surface area contributed by atoms with Crippen molar-refractivity contribution in [3.63, 3.8) is 0 Å². The molecule has 4 rings (SSSR count). The highest BCUT2D eigenvalue weighted by Gasteiger charge is 2.31. The summed E-state index contributed by atoms with van der Waals surface area (Å²) >= 11 is 0. The van der Waals surface area contributed by atoms with Crippen molar-refractivity contribution in [1.29, 1.82) is 0 Å². The lowest BCUT2D eigenvalue weighted by Gasteiger charge is -2.34. The average Bonchev–Trinajstić information content (AvgIpc) is 3.08. The third-order valence-corrected chi connectivity index (χ3v) is 4.31. The van der Waals surface area contributed by atoms with Crippen molar-refractivity contribution in [2.24, 2.45) is 0 Å². The van der Waals surface area contributed by atoms with Gasteiger partial charge in [-0.15, -0.1) is 0 Å². The first kappa shape index (κ1) is 12.4. The van der Waals surface area contributed by atoms with Crippen LogP contribution in [-0.2, 0) is 12.8 Å². The average molecular weight is 282 g/mol. The van der Waals surface area contributed by atoms with Crippen molar-refractivity contribution in [1.82, 2.24) is 10.2 Å². The van der Waals surface area contributed by atoms with E-state index in [-0.39, 0.29) is 11.9 Å². The summed E-state index contributed by atoms with van der Waals surface area (Å²) in [7, 11) is 0. The molecule has 1 aromatic carbocycles. The number of aryl methyl sites for hydroxylation is 1. The Kier molecular flexibility index (Phi) is 2.74. The summed E-state index contributed by atoms with van der Waals surface area (Å²) in [6.45, 7) is 2.75. The lowest BCUT2D eigenvalue weighted by molar-refractivity contribution is 0.0979. The van der Waals surface area contributed by atoms with E-state index < -0.39 is 0 Å². The lowest BCUT2D eigenvalue weighted by atomic mass is 10.1. The molecule has 1 aromatic heterocycles. The number of para-hydroxylation sites is 2. The molecule has 0 saturated carbocycles. The second-order valence-corrected chi connectivity index (χ2v) is 5.86. The molecule has 1 unspecified atom stereocenters. The minimum Gasteiger partial charge on any atom is -0.379 e. The first-order valence-electron chi connectivity index (χ1n) is 7.47. The van der Waals surface area contributed by atoms with Crippen LogP contribution in [-0.4, -0.2) is 28.7 Å². The van der Waals surface area contributed by atoms with E-state index in [1.807, 2.05) is 29.2 Å². The molecule has 0 spiro atoms. The van der Waals surface area contributed by atoms with Gasteiger partial charge >= 0.3 is 0 Å². The summed E-state index contributed by atoms with van der Waals surface area (Å²) in [6.07, 6.45) is 3.07.